The summed E-state index contributed by atoms with van der Waals surface area (Å²) in [4.78, 5) is 21.9. The summed E-state index contributed by atoms with van der Waals surface area (Å²) in [5, 5.41) is 3.22. The molecule has 15 heteroatoms. The monoisotopic (exact) mass is 550 g/mol. The van der Waals surface area contributed by atoms with E-state index in [0.29, 0.717) is 48.7 Å². The predicted octanol–water partition coefficient (Wildman–Crippen LogP) is 1.45. The number of rotatable bonds is 8. The van der Waals surface area contributed by atoms with Crippen molar-refractivity contribution in [1.82, 2.24) is 24.1 Å². The molecule has 0 aliphatic carbocycles. The van der Waals surface area contributed by atoms with Crippen LogP contribution >= 0.6 is 11.6 Å². The topological polar surface area (TPSA) is 154 Å². The van der Waals surface area contributed by atoms with Crippen LogP contribution in [0.4, 0.5) is 17.2 Å². The summed E-state index contributed by atoms with van der Waals surface area (Å²) in [6.45, 7) is 5.51. The van der Waals surface area contributed by atoms with Crippen LogP contribution in [-0.4, -0.2) is 98.4 Å². The minimum Gasteiger partial charge on any atom is -0.379 e. The van der Waals surface area contributed by atoms with Crippen LogP contribution in [0.5, 0.6) is 0 Å². The lowest BCUT2D eigenvalue weighted by atomic mass is 10.1. The molecule has 0 bridgehead atoms. The average molecular weight is 551 g/mol. The number of nitrogens with zero attached hydrogens (tertiary/aromatic N) is 7. The Morgan fingerprint density at radius 1 is 1.19 bits per heavy atom. The van der Waals surface area contributed by atoms with Gasteiger partial charge in [-0.2, -0.15) is 17.7 Å². The molecule has 37 heavy (non-hydrogen) atoms. The third kappa shape index (κ3) is 6.27. The number of ether oxygens (including phenoxy) is 1. The summed E-state index contributed by atoms with van der Waals surface area (Å²) in [6, 6.07) is 3.64. The lowest BCUT2D eigenvalue weighted by molar-refractivity contribution is 0.0198. The van der Waals surface area contributed by atoms with Crippen molar-refractivity contribution >= 4 is 50.8 Å². The van der Waals surface area contributed by atoms with Gasteiger partial charge in [-0.1, -0.05) is 11.6 Å². The zero-order valence-electron chi connectivity index (χ0n) is 21.1. The predicted molar refractivity (Wildman–Crippen MR) is 145 cm³/mol. The van der Waals surface area contributed by atoms with Crippen LogP contribution in [0, 0.1) is 0 Å². The molecule has 2 aromatic heterocycles. The molecule has 2 aliphatic rings. The summed E-state index contributed by atoms with van der Waals surface area (Å²) >= 11 is 6.15. The maximum absolute atomic E-state index is 12.3. The fourth-order valence-electron chi connectivity index (χ4n) is 3.73. The normalized spacial score (nSPS) is 17.8. The van der Waals surface area contributed by atoms with E-state index >= 15 is 0 Å². The largest absolute Gasteiger partial charge is 0.379 e. The highest BCUT2D eigenvalue weighted by atomic mass is 35.5. The number of morpholine rings is 1. The van der Waals surface area contributed by atoms with Crippen molar-refractivity contribution in [1.29, 1.82) is 0 Å². The molecule has 0 saturated carbocycles. The van der Waals surface area contributed by atoms with Crippen molar-refractivity contribution in [3.8, 4) is 0 Å². The molecular weight excluding hydrogens is 520 g/mol. The molecule has 0 amide bonds. The third-order valence-electron chi connectivity index (χ3n) is 6.09. The first-order valence-electron chi connectivity index (χ1n) is 11.6. The Bertz CT molecular complexity index is 1310. The van der Waals surface area contributed by atoms with Crippen LogP contribution in [0.1, 0.15) is 24.1 Å². The van der Waals surface area contributed by atoms with Gasteiger partial charge in [0.2, 0.25) is 0 Å². The van der Waals surface area contributed by atoms with Crippen LogP contribution < -0.4 is 15.8 Å². The minimum absolute atomic E-state index is 0.0101. The zero-order valence-corrected chi connectivity index (χ0v) is 22.7. The second kappa shape index (κ2) is 11.1. The van der Waals surface area contributed by atoms with Gasteiger partial charge in [0, 0.05) is 46.5 Å². The zero-order chi connectivity index (χ0) is 26.7. The highest BCUT2D eigenvalue weighted by molar-refractivity contribution is 7.90. The first kappa shape index (κ1) is 27.0. The molecule has 1 atom stereocenters. The number of aromatic nitrogens is 2. The molecule has 0 aromatic carbocycles. The van der Waals surface area contributed by atoms with E-state index in [4.69, 9.17) is 22.1 Å². The van der Waals surface area contributed by atoms with Crippen LogP contribution in [0.15, 0.2) is 34.5 Å². The van der Waals surface area contributed by atoms with E-state index < -0.39 is 10.2 Å². The standard InChI is InChI=1S/C22H31ClN10O3S/c1-14(33-5-7-36-8-6-33)15-9-17(21-27-13-32(4)22(24)29-21)20(26-11-15)28-16-10-18(19(23)25-12-16)30-37(34,35)31(2)3/h9-12,14,30H,5-8,13H2,1-4H3,(H,26,28)(H2,24,27,29)/t14-/m0/s1. The van der Waals surface area contributed by atoms with Crippen LogP contribution in [-0.2, 0) is 14.9 Å². The summed E-state index contributed by atoms with van der Waals surface area (Å²) in [7, 11) is 0.855. The number of guanidine groups is 1. The van der Waals surface area contributed by atoms with Gasteiger partial charge in [-0.15, -0.1) is 0 Å². The van der Waals surface area contributed by atoms with Crippen molar-refractivity contribution in [2.24, 2.45) is 15.7 Å². The maximum Gasteiger partial charge on any atom is 0.301 e. The van der Waals surface area contributed by atoms with Crippen LogP contribution in [0.2, 0.25) is 5.15 Å². The molecule has 4 rings (SSSR count). The number of halogens is 1. The number of hydrogen-bond acceptors (Lipinski definition) is 11. The van der Waals surface area contributed by atoms with Crippen molar-refractivity contribution in [2.75, 3.05) is 64.2 Å². The Balaban J connectivity index is 1.69. The molecule has 200 valence electrons. The van der Waals surface area contributed by atoms with E-state index in [0.717, 1.165) is 23.0 Å². The lowest BCUT2D eigenvalue weighted by Crippen LogP contribution is -2.38. The second-order valence-corrected chi connectivity index (χ2v) is 11.1. The SMILES string of the molecule is C[C@@H](c1cnc(Nc2cnc(Cl)c(NS(=O)(=O)N(C)C)c2)c(C2=NCN(C)C(N)=N2)c1)N1CCOCC1. The van der Waals surface area contributed by atoms with Crippen LogP contribution in [0.3, 0.4) is 0 Å². The van der Waals surface area contributed by atoms with Gasteiger partial charge in [0.05, 0.1) is 36.3 Å². The van der Waals surface area contributed by atoms with Gasteiger partial charge in [-0.25, -0.2) is 15.0 Å². The maximum atomic E-state index is 12.3. The average Bonchev–Trinajstić information content (AvgIpc) is 2.88. The fourth-order valence-corrected chi connectivity index (χ4v) is 4.55. The van der Waals surface area contributed by atoms with Crippen molar-refractivity contribution in [3.05, 3.63) is 40.8 Å². The Morgan fingerprint density at radius 3 is 2.59 bits per heavy atom. The summed E-state index contributed by atoms with van der Waals surface area (Å²) in [5.41, 5.74) is 8.32. The molecule has 2 aromatic rings. The smallest absolute Gasteiger partial charge is 0.301 e. The van der Waals surface area contributed by atoms with E-state index in [1.165, 1.54) is 20.3 Å². The number of amidine groups is 1. The summed E-state index contributed by atoms with van der Waals surface area (Å²) < 4.78 is 33.6. The van der Waals surface area contributed by atoms with Crippen molar-refractivity contribution < 1.29 is 13.2 Å². The lowest BCUT2D eigenvalue weighted by Gasteiger charge is -2.32. The fraction of sp³-hybridized carbons (Fsp3) is 0.455. The molecule has 1 fully saturated rings. The van der Waals surface area contributed by atoms with Gasteiger partial charge in [0.1, 0.15) is 12.5 Å². The molecule has 4 N–H and O–H groups in total. The first-order valence-corrected chi connectivity index (χ1v) is 13.4. The minimum atomic E-state index is -3.78. The first-order chi connectivity index (χ1) is 17.5. The number of anilines is 3. The Morgan fingerprint density at radius 2 is 1.92 bits per heavy atom. The van der Waals surface area contributed by atoms with E-state index in [9.17, 15) is 8.42 Å². The molecule has 4 heterocycles. The number of pyridine rings is 2. The molecule has 0 radical (unpaired) electrons. The molecule has 0 spiro atoms. The van der Waals surface area contributed by atoms with Gasteiger partial charge >= 0.3 is 10.2 Å². The summed E-state index contributed by atoms with van der Waals surface area (Å²) in [5.74, 6) is 1.25. The van der Waals surface area contributed by atoms with Gasteiger partial charge in [-0.05, 0) is 24.6 Å². The number of aliphatic imine (C=N–C) groups is 2. The number of nitrogens with one attached hydrogen (secondary N) is 2. The Labute approximate surface area is 221 Å². The third-order valence-corrected chi connectivity index (χ3v) is 7.83. The number of hydrogen-bond donors (Lipinski definition) is 3. The molecule has 13 nitrogen and oxygen atoms in total. The van der Waals surface area contributed by atoms with Crippen LogP contribution in [0.25, 0.3) is 0 Å². The van der Waals surface area contributed by atoms with E-state index in [2.05, 4.69) is 41.8 Å². The highest BCUT2D eigenvalue weighted by Crippen LogP contribution is 2.30. The van der Waals surface area contributed by atoms with E-state index in [1.54, 1.807) is 17.2 Å². The Kier molecular flexibility index (Phi) is 8.14. The van der Waals surface area contributed by atoms with E-state index in [1.807, 2.05) is 13.1 Å². The quantitative estimate of drug-likeness (QED) is 0.414. The molecule has 1 saturated heterocycles. The van der Waals surface area contributed by atoms with Crippen molar-refractivity contribution in [3.63, 3.8) is 0 Å². The van der Waals surface area contributed by atoms with E-state index in [-0.39, 0.29) is 16.9 Å². The molecular formula is C22H31ClN10O3S. The van der Waals surface area contributed by atoms with Gasteiger partial charge in [-0.3, -0.25) is 9.62 Å². The van der Waals surface area contributed by atoms with Crippen molar-refractivity contribution in [2.45, 2.75) is 13.0 Å². The molecule has 2 aliphatic heterocycles. The highest BCUT2D eigenvalue weighted by Gasteiger charge is 2.23. The molecule has 0 unspecified atom stereocenters. The second-order valence-electron chi connectivity index (χ2n) is 8.86. The number of nitrogens with two attached hydrogens (primary N) is 1. The van der Waals surface area contributed by atoms with Gasteiger partial charge < -0.3 is 20.7 Å². The van der Waals surface area contributed by atoms with Gasteiger partial charge in [0.25, 0.3) is 0 Å². The summed E-state index contributed by atoms with van der Waals surface area (Å²) in [6.07, 6.45) is 3.28. The Hall–Kier alpha value is -3.04. The van der Waals surface area contributed by atoms with Gasteiger partial charge in [0.15, 0.2) is 16.9 Å².